The molecule has 0 radical (unpaired) electrons. The van der Waals surface area contributed by atoms with Gasteiger partial charge >= 0.3 is 0 Å². The van der Waals surface area contributed by atoms with Gasteiger partial charge in [-0.3, -0.25) is 9.59 Å². The Hall–Kier alpha value is -2.99. The van der Waals surface area contributed by atoms with Crippen LogP contribution in [0.15, 0.2) is 65.1 Å². The Labute approximate surface area is 155 Å². The van der Waals surface area contributed by atoms with E-state index in [0.717, 1.165) is 21.3 Å². The summed E-state index contributed by atoms with van der Waals surface area (Å²) in [5, 5.41) is 10.9. The number of fused-ring (bicyclic) bond motifs is 1. The molecule has 2 aromatic carbocycles. The Bertz CT molecular complexity index is 943. The number of carbonyl (C=O) groups is 2. The van der Waals surface area contributed by atoms with E-state index in [-0.39, 0.29) is 24.7 Å². The van der Waals surface area contributed by atoms with E-state index in [0.29, 0.717) is 5.71 Å². The summed E-state index contributed by atoms with van der Waals surface area (Å²) in [6, 6.07) is 17.5. The normalized spacial score (nSPS) is 11.3. The highest BCUT2D eigenvalue weighted by atomic mass is 32.1. The molecule has 26 heavy (non-hydrogen) atoms. The third kappa shape index (κ3) is 4.77. The van der Waals surface area contributed by atoms with Gasteiger partial charge in [-0.05, 0) is 29.8 Å². The Morgan fingerprint density at radius 2 is 1.81 bits per heavy atom. The number of rotatable bonds is 6. The predicted octanol–water partition coefficient (Wildman–Crippen LogP) is 3.96. The van der Waals surface area contributed by atoms with E-state index in [1.54, 1.807) is 6.92 Å². The molecule has 0 saturated heterocycles. The van der Waals surface area contributed by atoms with Gasteiger partial charge in [0.05, 0.1) is 12.8 Å². The summed E-state index contributed by atoms with van der Waals surface area (Å²) in [6.45, 7) is 1.72. The minimum Gasteiger partial charge on any atom is -0.325 e. The van der Waals surface area contributed by atoms with E-state index < -0.39 is 0 Å². The SMILES string of the molecule is C/C(CC(=O)Nc1cccc2ccccc12)=N\NC(=O)Cc1cccs1. The Balaban J connectivity index is 1.56. The summed E-state index contributed by atoms with van der Waals surface area (Å²) < 4.78 is 0. The smallest absolute Gasteiger partial charge is 0.245 e. The van der Waals surface area contributed by atoms with Crippen molar-refractivity contribution in [3.05, 3.63) is 64.9 Å². The molecule has 2 N–H and O–H groups in total. The summed E-state index contributed by atoms with van der Waals surface area (Å²) in [7, 11) is 0. The summed E-state index contributed by atoms with van der Waals surface area (Å²) in [5.41, 5.74) is 3.81. The number of anilines is 1. The maximum Gasteiger partial charge on any atom is 0.245 e. The van der Waals surface area contributed by atoms with Crippen LogP contribution in [0.1, 0.15) is 18.2 Å². The zero-order chi connectivity index (χ0) is 18.4. The minimum atomic E-state index is -0.193. The van der Waals surface area contributed by atoms with Crippen LogP contribution in [-0.4, -0.2) is 17.5 Å². The molecule has 1 aromatic heterocycles. The van der Waals surface area contributed by atoms with Crippen LogP contribution in [0.25, 0.3) is 10.8 Å². The second kappa shape index (κ2) is 8.40. The molecular weight excluding hydrogens is 346 g/mol. The summed E-state index contributed by atoms with van der Waals surface area (Å²) >= 11 is 1.52. The molecule has 132 valence electrons. The van der Waals surface area contributed by atoms with E-state index in [2.05, 4.69) is 15.8 Å². The molecule has 0 fully saturated rings. The lowest BCUT2D eigenvalue weighted by Gasteiger charge is -2.08. The highest BCUT2D eigenvalue weighted by Gasteiger charge is 2.08. The third-order valence-electron chi connectivity index (χ3n) is 3.77. The number of hydrogen-bond acceptors (Lipinski definition) is 4. The van der Waals surface area contributed by atoms with Gasteiger partial charge in [-0.1, -0.05) is 42.5 Å². The van der Waals surface area contributed by atoms with Crippen LogP contribution < -0.4 is 10.7 Å². The summed E-state index contributed by atoms with van der Waals surface area (Å²) in [4.78, 5) is 25.1. The quantitative estimate of drug-likeness (QED) is 0.513. The van der Waals surface area contributed by atoms with Gasteiger partial charge in [-0.2, -0.15) is 5.10 Å². The number of thiophene rings is 1. The van der Waals surface area contributed by atoms with E-state index in [4.69, 9.17) is 0 Å². The van der Waals surface area contributed by atoms with Gasteiger partial charge < -0.3 is 5.32 Å². The van der Waals surface area contributed by atoms with Crippen molar-refractivity contribution in [2.45, 2.75) is 19.8 Å². The topological polar surface area (TPSA) is 70.6 Å². The molecule has 0 atom stereocenters. The van der Waals surface area contributed by atoms with E-state index in [1.807, 2.05) is 60.0 Å². The number of hydrazone groups is 1. The standard InChI is InChI=1S/C20H19N3O2S/c1-14(22-23-20(25)13-16-8-5-11-26-16)12-19(24)21-18-10-4-7-15-6-2-3-9-17(15)18/h2-11H,12-13H2,1H3,(H,21,24)(H,23,25)/b22-14+. The average Bonchev–Trinajstić information content (AvgIpc) is 3.13. The van der Waals surface area contributed by atoms with Crippen molar-refractivity contribution >= 4 is 45.3 Å². The lowest BCUT2D eigenvalue weighted by Crippen LogP contribution is -2.22. The molecule has 3 aromatic rings. The number of nitrogens with one attached hydrogen (secondary N) is 2. The number of hydrogen-bond donors (Lipinski definition) is 2. The molecule has 2 amide bonds. The first-order valence-electron chi connectivity index (χ1n) is 8.24. The molecule has 0 aliphatic heterocycles. The highest BCUT2D eigenvalue weighted by molar-refractivity contribution is 7.10. The second-order valence-electron chi connectivity index (χ2n) is 5.89. The minimum absolute atomic E-state index is 0.114. The van der Waals surface area contributed by atoms with Gasteiger partial charge in [-0.25, -0.2) is 5.43 Å². The van der Waals surface area contributed by atoms with Crippen molar-refractivity contribution in [3.63, 3.8) is 0 Å². The van der Waals surface area contributed by atoms with Gasteiger partial charge in [-0.15, -0.1) is 11.3 Å². The predicted molar refractivity (Wildman–Crippen MR) is 106 cm³/mol. The van der Waals surface area contributed by atoms with Gasteiger partial charge in [0.1, 0.15) is 0 Å². The zero-order valence-electron chi connectivity index (χ0n) is 14.4. The molecule has 3 rings (SSSR count). The molecule has 0 spiro atoms. The number of amides is 2. The highest BCUT2D eigenvalue weighted by Crippen LogP contribution is 2.23. The van der Waals surface area contributed by atoms with E-state index in [1.165, 1.54) is 11.3 Å². The van der Waals surface area contributed by atoms with Gasteiger partial charge in [0, 0.05) is 21.7 Å². The monoisotopic (exact) mass is 365 g/mol. The van der Waals surface area contributed by atoms with Crippen LogP contribution >= 0.6 is 11.3 Å². The van der Waals surface area contributed by atoms with Crippen LogP contribution in [0.3, 0.4) is 0 Å². The van der Waals surface area contributed by atoms with Crippen LogP contribution in [0.5, 0.6) is 0 Å². The van der Waals surface area contributed by atoms with E-state index >= 15 is 0 Å². The fourth-order valence-electron chi connectivity index (χ4n) is 2.57. The van der Waals surface area contributed by atoms with Gasteiger partial charge in [0.15, 0.2) is 0 Å². The molecule has 0 unspecified atom stereocenters. The first-order valence-corrected chi connectivity index (χ1v) is 9.12. The van der Waals surface area contributed by atoms with Crippen LogP contribution in [0, 0.1) is 0 Å². The first-order chi connectivity index (χ1) is 12.6. The molecule has 0 aliphatic rings. The fraction of sp³-hybridized carbons (Fsp3) is 0.150. The van der Waals surface area contributed by atoms with Crippen molar-refractivity contribution in [1.29, 1.82) is 0 Å². The van der Waals surface area contributed by atoms with Crippen LogP contribution in [0.2, 0.25) is 0 Å². The van der Waals surface area contributed by atoms with Crippen molar-refractivity contribution in [2.75, 3.05) is 5.32 Å². The Morgan fingerprint density at radius 3 is 2.62 bits per heavy atom. The Kier molecular flexibility index (Phi) is 5.76. The largest absolute Gasteiger partial charge is 0.325 e. The molecule has 1 heterocycles. The Morgan fingerprint density at radius 1 is 1.00 bits per heavy atom. The fourth-order valence-corrected chi connectivity index (χ4v) is 3.27. The molecule has 0 aliphatic carbocycles. The first kappa shape index (κ1) is 17.8. The summed E-state index contributed by atoms with van der Waals surface area (Å²) in [6.07, 6.45) is 0.402. The zero-order valence-corrected chi connectivity index (χ0v) is 15.2. The third-order valence-corrected chi connectivity index (χ3v) is 4.64. The average molecular weight is 365 g/mol. The van der Waals surface area contributed by atoms with Crippen molar-refractivity contribution < 1.29 is 9.59 Å². The van der Waals surface area contributed by atoms with E-state index in [9.17, 15) is 9.59 Å². The van der Waals surface area contributed by atoms with Crippen LogP contribution in [-0.2, 0) is 16.0 Å². The molecule has 6 heteroatoms. The molecule has 0 saturated carbocycles. The number of carbonyl (C=O) groups excluding carboxylic acids is 2. The van der Waals surface area contributed by atoms with Crippen molar-refractivity contribution in [1.82, 2.24) is 5.43 Å². The van der Waals surface area contributed by atoms with Crippen molar-refractivity contribution in [3.8, 4) is 0 Å². The van der Waals surface area contributed by atoms with Crippen LogP contribution in [0.4, 0.5) is 5.69 Å². The molecule has 0 bridgehead atoms. The lowest BCUT2D eigenvalue weighted by atomic mass is 10.1. The lowest BCUT2D eigenvalue weighted by molar-refractivity contribution is -0.120. The van der Waals surface area contributed by atoms with Gasteiger partial charge in [0.25, 0.3) is 0 Å². The maximum absolute atomic E-state index is 12.3. The maximum atomic E-state index is 12.3. The summed E-state index contributed by atoms with van der Waals surface area (Å²) in [5.74, 6) is -0.364. The molecular formula is C20H19N3O2S. The second-order valence-corrected chi connectivity index (χ2v) is 6.92. The number of benzene rings is 2. The van der Waals surface area contributed by atoms with Crippen molar-refractivity contribution in [2.24, 2.45) is 5.10 Å². The molecule has 5 nitrogen and oxygen atoms in total. The number of nitrogens with zero attached hydrogens (tertiary/aromatic N) is 1. The van der Waals surface area contributed by atoms with Gasteiger partial charge in [0.2, 0.25) is 11.8 Å².